The fourth-order valence-corrected chi connectivity index (χ4v) is 3.16. The molecule has 0 saturated heterocycles. The lowest BCUT2D eigenvalue weighted by molar-refractivity contribution is -0.120. The molecule has 1 unspecified atom stereocenters. The van der Waals surface area contributed by atoms with Crippen LogP contribution in [0.1, 0.15) is 18.9 Å². The normalized spacial score (nSPS) is 15.2. The molecule has 3 N–H and O–H groups in total. The zero-order valence-electron chi connectivity index (χ0n) is 17.3. The van der Waals surface area contributed by atoms with Crippen LogP contribution in [0, 0.1) is 0 Å². The number of primary amides is 1. The first-order chi connectivity index (χ1) is 14.9. The lowest BCUT2D eigenvalue weighted by Crippen LogP contribution is -2.34. The molecule has 0 saturated carbocycles. The van der Waals surface area contributed by atoms with Gasteiger partial charge < -0.3 is 20.5 Å². The highest BCUT2D eigenvalue weighted by atomic mass is 16.5. The van der Waals surface area contributed by atoms with Crippen LogP contribution >= 0.6 is 0 Å². The Morgan fingerprint density at radius 2 is 1.90 bits per heavy atom. The first-order valence-electron chi connectivity index (χ1n) is 9.67. The molecule has 1 aliphatic heterocycles. The van der Waals surface area contributed by atoms with Gasteiger partial charge in [0.2, 0.25) is 0 Å². The van der Waals surface area contributed by atoms with Gasteiger partial charge in [-0.2, -0.15) is 5.10 Å². The monoisotopic (exact) mass is 424 g/mol. The van der Waals surface area contributed by atoms with E-state index in [4.69, 9.17) is 15.2 Å². The molecule has 0 spiro atoms. The molecule has 1 aliphatic rings. The van der Waals surface area contributed by atoms with E-state index in [1.807, 2.05) is 30.3 Å². The van der Waals surface area contributed by atoms with Crippen LogP contribution in [0.4, 0.5) is 5.69 Å². The fourth-order valence-electron chi connectivity index (χ4n) is 3.16. The van der Waals surface area contributed by atoms with E-state index in [1.165, 1.54) is 14.0 Å². The van der Waals surface area contributed by atoms with Gasteiger partial charge >= 0.3 is 0 Å². The van der Waals surface area contributed by atoms with E-state index < -0.39 is 11.9 Å². The van der Waals surface area contributed by atoms with Gasteiger partial charge in [-0.3, -0.25) is 19.4 Å². The number of anilines is 1. The van der Waals surface area contributed by atoms with Crippen molar-refractivity contribution < 1.29 is 23.9 Å². The minimum absolute atomic E-state index is 0.0633. The van der Waals surface area contributed by atoms with E-state index in [-0.39, 0.29) is 37.0 Å². The summed E-state index contributed by atoms with van der Waals surface area (Å²) in [5.41, 5.74) is 6.89. The number of hydrogen-bond donors (Lipinski definition) is 2. The largest absolute Gasteiger partial charge is 0.493 e. The Balaban J connectivity index is 1.67. The number of rotatable bonds is 9. The number of nitrogens with zero attached hydrogens (tertiary/aromatic N) is 2. The molecule has 162 valence electrons. The molecule has 2 aromatic carbocycles. The molecule has 0 bridgehead atoms. The van der Waals surface area contributed by atoms with E-state index >= 15 is 0 Å². The van der Waals surface area contributed by atoms with Gasteiger partial charge in [-0.1, -0.05) is 24.3 Å². The average molecular weight is 424 g/mol. The van der Waals surface area contributed by atoms with Gasteiger partial charge in [0.1, 0.15) is 11.8 Å². The van der Waals surface area contributed by atoms with Gasteiger partial charge in [-0.25, -0.2) is 0 Å². The molecule has 9 nitrogen and oxygen atoms in total. The van der Waals surface area contributed by atoms with Crippen molar-refractivity contribution in [2.45, 2.75) is 25.9 Å². The molecule has 0 aromatic heterocycles. The summed E-state index contributed by atoms with van der Waals surface area (Å²) in [4.78, 5) is 35.6. The number of hydrogen-bond acceptors (Lipinski definition) is 7. The molecule has 0 radical (unpaired) electrons. The summed E-state index contributed by atoms with van der Waals surface area (Å²) >= 11 is 0. The Morgan fingerprint density at radius 3 is 2.55 bits per heavy atom. The van der Waals surface area contributed by atoms with Crippen molar-refractivity contribution in [1.82, 2.24) is 5.32 Å². The van der Waals surface area contributed by atoms with E-state index in [1.54, 1.807) is 23.2 Å². The zero-order chi connectivity index (χ0) is 22.4. The lowest BCUT2D eigenvalue weighted by Gasteiger charge is -2.20. The number of nitrogens with one attached hydrogen (secondary N) is 1. The molecule has 1 heterocycles. The highest BCUT2D eigenvalue weighted by molar-refractivity contribution is 6.40. The topological polar surface area (TPSA) is 123 Å². The molecule has 2 aromatic rings. The molecular formula is C22H24N4O5. The maximum absolute atomic E-state index is 12.7. The van der Waals surface area contributed by atoms with Gasteiger partial charge in [0.15, 0.2) is 23.9 Å². The minimum atomic E-state index is -0.593. The third-order valence-electron chi connectivity index (χ3n) is 4.71. The van der Waals surface area contributed by atoms with Gasteiger partial charge in [-0.15, -0.1) is 0 Å². The third-order valence-corrected chi connectivity index (χ3v) is 4.71. The van der Waals surface area contributed by atoms with Crippen molar-refractivity contribution >= 4 is 29.0 Å². The summed E-state index contributed by atoms with van der Waals surface area (Å²) in [6.07, 6.45) is 0.235. The number of methoxy groups -OCH3 is 1. The van der Waals surface area contributed by atoms with Crippen molar-refractivity contribution in [3.8, 4) is 11.5 Å². The summed E-state index contributed by atoms with van der Waals surface area (Å²) in [6, 6.07) is 13.8. The Hall–Kier alpha value is -3.88. The molecule has 0 fully saturated rings. The van der Waals surface area contributed by atoms with Crippen LogP contribution in [0.5, 0.6) is 11.5 Å². The smallest absolute Gasteiger partial charge is 0.267 e. The number of benzene rings is 2. The van der Waals surface area contributed by atoms with Crippen LogP contribution < -0.4 is 25.5 Å². The Bertz CT molecular complexity index is 1010. The number of carbonyl (C=O) groups is 3. The quantitative estimate of drug-likeness (QED) is 0.627. The predicted molar refractivity (Wildman–Crippen MR) is 115 cm³/mol. The second kappa shape index (κ2) is 9.75. The summed E-state index contributed by atoms with van der Waals surface area (Å²) < 4.78 is 10.6. The highest BCUT2D eigenvalue weighted by Crippen LogP contribution is 2.28. The number of Topliss-reactive ketones (excluding diaryl/α,β-unsaturated/α-hetero) is 1. The summed E-state index contributed by atoms with van der Waals surface area (Å²) in [5.74, 6) is -0.217. The maximum Gasteiger partial charge on any atom is 0.267 e. The molecule has 31 heavy (non-hydrogen) atoms. The van der Waals surface area contributed by atoms with Crippen molar-refractivity contribution in [2.75, 3.05) is 18.7 Å². The van der Waals surface area contributed by atoms with E-state index in [2.05, 4.69) is 10.4 Å². The van der Waals surface area contributed by atoms with Crippen LogP contribution in [-0.2, 0) is 20.9 Å². The third kappa shape index (κ3) is 5.39. The van der Waals surface area contributed by atoms with Gasteiger partial charge in [0.25, 0.3) is 11.8 Å². The summed E-state index contributed by atoms with van der Waals surface area (Å²) in [5, 5.41) is 8.79. The van der Waals surface area contributed by atoms with Crippen LogP contribution in [0.2, 0.25) is 0 Å². The maximum atomic E-state index is 12.7. The highest BCUT2D eigenvalue weighted by Gasteiger charge is 2.34. The van der Waals surface area contributed by atoms with Crippen LogP contribution in [-0.4, -0.2) is 43.1 Å². The van der Waals surface area contributed by atoms with Crippen molar-refractivity contribution in [3.05, 3.63) is 54.1 Å². The fraction of sp³-hybridized carbons (Fsp3) is 0.273. The second-order valence-electron chi connectivity index (χ2n) is 6.98. The first kappa shape index (κ1) is 21.8. The number of nitrogens with two attached hydrogens (primary N) is 1. The van der Waals surface area contributed by atoms with E-state index in [0.717, 1.165) is 11.3 Å². The molecular weight excluding hydrogens is 400 g/mol. The number of para-hydroxylation sites is 1. The number of carbonyl (C=O) groups excluding carboxylic acids is 3. The Kier molecular flexibility index (Phi) is 6.86. The summed E-state index contributed by atoms with van der Waals surface area (Å²) in [6.45, 7) is 1.45. The SMILES string of the molecule is COc1cc(CNC(=O)C2=NN(c3ccccc3)C(C(C)=O)C2)ccc1OCC(N)=O. The van der Waals surface area contributed by atoms with Gasteiger partial charge in [0, 0.05) is 13.0 Å². The molecule has 0 aliphatic carbocycles. The summed E-state index contributed by atoms with van der Waals surface area (Å²) in [7, 11) is 1.47. The van der Waals surface area contributed by atoms with Crippen molar-refractivity contribution in [1.29, 1.82) is 0 Å². The van der Waals surface area contributed by atoms with Crippen molar-refractivity contribution in [2.24, 2.45) is 10.8 Å². The zero-order valence-corrected chi connectivity index (χ0v) is 17.3. The van der Waals surface area contributed by atoms with Gasteiger partial charge in [-0.05, 0) is 36.8 Å². The first-order valence-corrected chi connectivity index (χ1v) is 9.67. The number of amides is 2. The van der Waals surface area contributed by atoms with Gasteiger partial charge in [0.05, 0.1) is 12.8 Å². The van der Waals surface area contributed by atoms with Crippen LogP contribution in [0.25, 0.3) is 0 Å². The number of ether oxygens (including phenoxy) is 2. The van der Waals surface area contributed by atoms with Crippen LogP contribution in [0.3, 0.4) is 0 Å². The second-order valence-corrected chi connectivity index (χ2v) is 6.98. The molecule has 3 rings (SSSR count). The Labute approximate surface area is 179 Å². The van der Waals surface area contributed by atoms with E-state index in [9.17, 15) is 14.4 Å². The minimum Gasteiger partial charge on any atom is -0.493 e. The van der Waals surface area contributed by atoms with E-state index in [0.29, 0.717) is 11.5 Å². The molecule has 1 atom stereocenters. The predicted octanol–water partition coefficient (Wildman–Crippen LogP) is 1.40. The molecule has 2 amide bonds. The molecule has 9 heteroatoms. The lowest BCUT2D eigenvalue weighted by atomic mass is 10.1. The Morgan fingerprint density at radius 1 is 1.16 bits per heavy atom. The van der Waals surface area contributed by atoms with Crippen LogP contribution in [0.15, 0.2) is 53.6 Å². The van der Waals surface area contributed by atoms with Crippen molar-refractivity contribution in [3.63, 3.8) is 0 Å². The number of hydrazone groups is 1. The standard InChI is InChI=1S/C22H24N4O5/c1-14(27)18-11-17(25-26(18)16-6-4-3-5-7-16)22(29)24-12-15-8-9-19(20(10-15)30-2)31-13-21(23)28/h3-10,18H,11-13H2,1-2H3,(H2,23,28)(H,24,29). The number of ketones is 1. The average Bonchev–Trinajstić information content (AvgIpc) is 3.23.